The van der Waals surface area contributed by atoms with Crippen LogP contribution in [0, 0.1) is 0 Å². The first-order valence-electron chi connectivity index (χ1n) is 4.96. The molecular formula is C10H21NO. The molecule has 0 bridgehead atoms. The average Bonchev–Trinajstić information content (AvgIpc) is 2.10. The maximum Gasteiger partial charge on any atom is 0.0703 e. The Hall–Kier alpha value is -0.0800. The third-order valence-electron chi connectivity index (χ3n) is 3.04. The van der Waals surface area contributed by atoms with Crippen molar-refractivity contribution >= 4 is 0 Å². The Kier molecular flexibility index (Phi) is 3.53. The van der Waals surface area contributed by atoms with Crippen LogP contribution in [0.25, 0.3) is 0 Å². The van der Waals surface area contributed by atoms with Crippen LogP contribution in [0.3, 0.4) is 0 Å². The molecule has 2 nitrogen and oxygen atoms in total. The summed E-state index contributed by atoms with van der Waals surface area (Å²) in [5, 5.41) is 0. The lowest BCUT2D eigenvalue weighted by Crippen LogP contribution is -2.43. The van der Waals surface area contributed by atoms with Crippen LogP contribution in [-0.4, -0.2) is 37.7 Å². The maximum absolute atomic E-state index is 5.64. The lowest BCUT2D eigenvalue weighted by atomic mass is 9.87. The molecule has 0 spiro atoms. The summed E-state index contributed by atoms with van der Waals surface area (Å²) >= 11 is 0. The number of rotatable bonds is 3. The van der Waals surface area contributed by atoms with E-state index in [0.717, 1.165) is 0 Å². The van der Waals surface area contributed by atoms with Crippen molar-refractivity contribution in [3.63, 3.8) is 0 Å². The summed E-state index contributed by atoms with van der Waals surface area (Å²) in [6.45, 7) is 4.61. The summed E-state index contributed by atoms with van der Waals surface area (Å²) in [5.74, 6) is 0. The molecule has 12 heavy (non-hydrogen) atoms. The minimum atomic E-state index is 0.210. The van der Waals surface area contributed by atoms with Crippen molar-refractivity contribution in [1.82, 2.24) is 4.90 Å². The van der Waals surface area contributed by atoms with Gasteiger partial charge in [-0.05, 0) is 26.3 Å². The van der Waals surface area contributed by atoms with Gasteiger partial charge < -0.3 is 9.64 Å². The van der Waals surface area contributed by atoms with Gasteiger partial charge in [-0.15, -0.1) is 0 Å². The highest BCUT2D eigenvalue weighted by Crippen LogP contribution is 2.29. The van der Waals surface area contributed by atoms with Crippen LogP contribution < -0.4 is 0 Å². The molecular weight excluding hydrogens is 150 g/mol. The fraction of sp³-hybridized carbons (Fsp3) is 1.00. The van der Waals surface area contributed by atoms with Gasteiger partial charge in [-0.1, -0.05) is 13.3 Å². The van der Waals surface area contributed by atoms with Crippen molar-refractivity contribution in [3.05, 3.63) is 0 Å². The molecule has 0 amide bonds. The Morgan fingerprint density at radius 3 is 2.33 bits per heavy atom. The zero-order chi connectivity index (χ0) is 9.03. The van der Waals surface area contributed by atoms with Gasteiger partial charge in [0, 0.05) is 20.2 Å². The molecule has 0 aromatic heterocycles. The number of ether oxygens (including phenoxy) is 1. The summed E-state index contributed by atoms with van der Waals surface area (Å²) in [4.78, 5) is 2.38. The zero-order valence-electron chi connectivity index (χ0n) is 8.60. The molecule has 1 heterocycles. The lowest BCUT2D eigenvalue weighted by molar-refractivity contribution is -0.0592. The Bertz CT molecular complexity index is 128. The van der Waals surface area contributed by atoms with Gasteiger partial charge in [-0.25, -0.2) is 0 Å². The Morgan fingerprint density at radius 1 is 1.33 bits per heavy atom. The summed E-state index contributed by atoms with van der Waals surface area (Å²) < 4.78 is 5.64. The largest absolute Gasteiger partial charge is 0.378 e. The third kappa shape index (κ3) is 2.20. The fourth-order valence-corrected chi connectivity index (χ4v) is 2.04. The molecule has 1 rings (SSSR count). The molecule has 0 saturated carbocycles. The molecule has 0 aliphatic carbocycles. The zero-order valence-corrected chi connectivity index (χ0v) is 8.60. The number of nitrogens with zero attached hydrogens (tertiary/aromatic N) is 1. The van der Waals surface area contributed by atoms with Gasteiger partial charge in [0.1, 0.15) is 0 Å². The van der Waals surface area contributed by atoms with Gasteiger partial charge in [0.15, 0.2) is 0 Å². The third-order valence-corrected chi connectivity index (χ3v) is 3.04. The van der Waals surface area contributed by atoms with E-state index in [4.69, 9.17) is 4.74 Å². The van der Waals surface area contributed by atoms with Crippen molar-refractivity contribution in [2.24, 2.45) is 0 Å². The normalized spacial score (nSPS) is 24.2. The van der Waals surface area contributed by atoms with Gasteiger partial charge in [-0.2, -0.15) is 0 Å². The van der Waals surface area contributed by atoms with Crippen LogP contribution in [0.5, 0.6) is 0 Å². The van der Waals surface area contributed by atoms with E-state index in [1.54, 1.807) is 0 Å². The van der Waals surface area contributed by atoms with E-state index in [1.807, 2.05) is 7.11 Å². The van der Waals surface area contributed by atoms with E-state index in [2.05, 4.69) is 18.9 Å². The Labute approximate surface area is 75.9 Å². The first-order chi connectivity index (χ1) is 5.72. The molecule has 0 aromatic rings. The highest BCUT2D eigenvalue weighted by atomic mass is 16.5. The molecule has 2 heteroatoms. The number of hydrogen-bond donors (Lipinski definition) is 0. The Balaban J connectivity index is 2.45. The molecule has 0 unspecified atom stereocenters. The molecule has 1 aliphatic heterocycles. The molecule has 0 atom stereocenters. The molecule has 1 fully saturated rings. The van der Waals surface area contributed by atoms with E-state index in [9.17, 15) is 0 Å². The van der Waals surface area contributed by atoms with Crippen molar-refractivity contribution in [2.75, 3.05) is 27.2 Å². The van der Waals surface area contributed by atoms with Crippen molar-refractivity contribution in [2.45, 2.75) is 38.2 Å². The maximum atomic E-state index is 5.64. The number of hydrogen-bond acceptors (Lipinski definition) is 2. The predicted octanol–water partition coefficient (Wildman–Crippen LogP) is 1.90. The second-order valence-corrected chi connectivity index (χ2v) is 3.94. The van der Waals surface area contributed by atoms with Crippen LogP contribution in [0.15, 0.2) is 0 Å². The molecule has 72 valence electrons. The monoisotopic (exact) mass is 171 g/mol. The first kappa shape index (κ1) is 10.0. The van der Waals surface area contributed by atoms with Crippen LogP contribution in [0.1, 0.15) is 32.6 Å². The smallest absolute Gasteiger partial charge is 0.0703 e. The number of likely N-dealkylation sites (tertiary alicyclic amines) is 1. The van der Waals surface area contributed by atoms with Crippen LogP contribution >= 0.6 is 0 Å². The van der Waals surface area contributed by atoms with E-state index in [-0.39, 0.29) is 5.60 Å². The van der Waals surface area contributed by atoms with E-state index < -0.39 is 0 Å². The summed E-state index contributed by atoms with van der Waals surface area (Å²) in [5.41, 5.74) is 0.210. The summed E-state index contributed by atoms with van der Waals surface area (Å²) in [6, 6.07) is 0. The van der Waals surface area contributed by atoms with E-state index in [0.29, 0.717) is 0 Å². The summed E-state index contributed by atoms with van der Waals surface area (Å²) in [7, 11) is 4.05. The summed E-state index contributed by atoms with van der Waals surface area (Å²) in [6.07, 6.45) is 4.86. The van der Waals surface area contributed by atoms with Crippen LogP contribution in [0.4, 0.5) is 0 Å². The Morgan fingerprint density at radius 2 is 1.92 bits per heavy atom. The topological polar surface area (TPSA) is 12.5 Å². The van der Waals surface area contributed by atoms with Crippen molar-refractivity contribution in [3.8, 4) is 0 Å². The second-order valence-electron chi connectivity index (χ2n) is 3.94. The van der Waals surface area contributed by atoms with Crippen LogP contribution in [-0.2, 0) is 4.74 Å². The second kappa shape index (κ2) is 4.24. The van der Waals surface area contributed by atoms with E-state index >= 15 is 0 Å². The van der Waals surface area contributed by atoms with Gasteiger partial charge in [0.25, 0.3) is 0 Å². The molecule has 0 N–H and O–H groups in total. The highest BCUT2D eigenvalue weighted by Gasteiger charge is 2.32. The number of piperidine rings is 1. The molecule has 1 aliphatic rings. The van der Waals surface area contributed by atoms with Gasteiger partial charge >= 0.3 is 0 Å². The van der Waals surface area contributed by atoms with Crippen molar-refractivity contribution < 1.29 is 4.74 Å². The minimum absolute atomic E-state index is 0.210. The van der Waals surface area contributed by atoms with Gasteiger partial charge in [0.2, 0.25) is 0 Å². The number of methoxy groups -OCH3 is 1. The SMILES string of the molecule is CCCC1(OC)CCN(C)CC1. The van der Waals surface area contributed by atoms with Gasteiger partial charge in [0.05, 0.1) is 5.60 Å². The van der Waals surface area contributed by atoms with E-state index in [1.165, 1.54) is 38.8 Å². The van der Waals surface area contributed by atoms with Crippen LogP contribution in [0.2, 0.25) is 0 Å². The fourth-order valence-electron chi connectivity index (χ4n) is 2.04. The first-order valence-corrected chi connectivity index (χ1v) is 4.96. The quantitative estimate of drug-likeness (QED) is 0.643. The van der Waals surface area contributed by atoms with Gasteiger partial charge in [-0.3, -0.25) is 0 Å². The molecule has 1 saturated heterocycles. The molecule has 0 radical (unpaired) electrons. The lowest BCUT2D eigenvalue weighted by Gasteiger charge is -2.39. The van der Waals surface area contributed by atoms with Crippen molar-refractivity contribution in [1.29, 1.82) is 0 Å². The predicted molar refractivity (Wildman–Crippen MR) is 51.4 cm³/mol. The minimum Gasteiger partial charge on any atom is -0.378 e. The standard InChI is InChI=1S/C10H21NO/c1-4-5-10(12-3)6-8-11(2)9-7-10/h4-9H2,1-3H3. The molecule has 0 aromatic carbocycles. The highest BCUT2D eigenvalue weighted by molar-refractivity contribution is 4.85. The average molecular weight is 171 g/mol.